The topological polar surface area (TPSA) is 102 Å². The molecule has 7 nitrogen and oxygen atoms in total. The van der Waals surface area contributed by atoms with E-state index in [1.165, 1.54) is 20.3 Å². The summed E-state index contributed by atoms with van der Waals surface area (Å²) in [5, 5.41) is 9.01. The molecule has 0 aliphatic carbocycles. The number of benzene rings is 3. The minimum absolute atomic E-state index is 0.0200. The number of hydrogen-bond donors (Lipinski definition) is 2. The van der Waals surface area contributed by atoms with Crippen molar-refractivity contribution in [1.29, 1.82) is 0 Å². The molecule has 0 amide bonds. The SMILES string of the molecule is COc1ccc(OC)c(S(=O)(=O)Nc2ccccc2CCc2ccc(C(=O)O)cc2)c1. The van der Waals surface area contributed by atoms with Gasteiger partial charge < -0.3 is 14.6 Å². The molecule has 0 aliphatic rings. The average molecular weight is 442 g/mol. The van der Waals surface area contributed by atoms with Crippen molar-refractivity contribution in [3.05, 3.63) is 83.4 Å². The van der Waals surface area contributed by atoms with Gasteiger partial charge in [-0.3, -0.25) is 4.72 Å². The molecule has 0 aromatic heterocycles. The highest BCUT2D eigenvalue weighted by Crippen LogP contribution is 2.30. The summed E-state index contributed by atoms with van der Waals surface area (Å²) in [6.45, 7) is 0. The third-order valence-electron chi connectivity index (χ3n) is 4.81. The third-order valence-corrected chi connectivity index (χ3v) is 6.19. The van der Waals surface area contributed by atoms with Crippen LogP contribution in [0.3, 0.4) is 0 Å². The molecule has 0 bridgehead atoms. The minimum atomic E-state index is -3.93. The Morgan fingerprint density at radius 1 is 0.935 bits per heavy atom. The largest absolute Gasteiger partial charge is 0.497 e. The highest BCUT2D eigenvalue weighted by molar-refractivity contribution is 7.92. The second-order valence-electron chi connectivity index (χ2n) is 6.78. The average Bonchev–Trinajstić information content (AvgIpc) is 2.78. The first-order valence-electron chi connectivity index (χ1n) is 9.49. The molecule has 3 aromatic rings. The standard InChI is InChI=1S/C23H23NO6S/c1-29-19-13-14-21(30-2)22(15-19)31(27,28)24-20-6-4-3-5-17(20)10-7-16-8-11-18(12-9-16)23(25)26/h3-6,8-9,11-15,24H,7,10H2,1-2H3,(H,25,26). The Kier molecular flexibility index (Phi) is 6.81. The molecular weight excluding hydrogens is 418 g/mol. The summed E-state index contributed by atoms with van der Waals surface area (Å²) >= 11 is 0. The zero-order chi connectivity index (χ0) is 22.4. The van der Waals surface area contributed by atoms with Gasteiger partial charge in [-0.05, 0) is 54.3 Å². The van der Waals surface area contributed by atoms with Gasteiger partial charge in [0, 0.05) is 6.07 Å². The van der Waals surface area contributed by atoms with Crippen LogP contribution in [-0.2, 0) is 22.9 Å². The Bertz CT molecular complexity index is 1170. The van der Waals surface area contributed by atoms with Crippen molar-refractivity contribution in [2.24, 2.45) is 0 Å². The third kappa shape index (κ3) is 5.35. The van der Waals surface area contributed by atoms with Crippen molar-refractivity contribution >= 4 is 21.7 Å². The van der Waals surface area contributed by atoms with Gasteiger partial charge >= 0.3 is 5.97 Å². The van der Waals surface area contributed by atoms with Crippen LogP contribution in [0.1, 0.15) is 21.5 Å². The molecule has 0 saturated heterocycles. The lowest BCUT2D eigenvalue weighted by Gasteiger charge is -2.15. The highest BCUT2D eigenvalue weighted by Gasteiger charge is 2.21. The van der Waals surface area contributed by atoms with Crippen molar-refractivity contribution in [3.8, 4) is 11.5 Å². The summed E-state index contributed by atoms with van der Waals surface area (Å²) in [4.78, 5) is 11.0. The summed E-state index contributed by atoms with van der Waals surface area (Å²) in [6, 6.07) is 18.4. The van der Waals surface area contributed by atoms with E-state index in [1.54, 1.807) is 48.5 Å². The zero-order valence-electron chi connectivity index (χ0n) is 17.2. The van der Waals surface area contributed by atoms with Gasteiger partial charge in [0.25, 0.3) is 10.0 Å². The van der Waals surface area contributed by atoms with Gasteiger partial charge in [0.15, 0.2) is 0 Å². The Morgan fingerprint density at radius 3 is 2.29 bits per heavy atom. The molecule has 3 aromatic carbocycles. The number of rotatable bonds is 9. The number of anilines is 1. The summed E-state index contributed by atoms with van der Waals surface area (Å²) in [5.74, 6) is -0.358. The van der Waals surface area contributed by atoms with E-state index in [0.29, 0.717) is 24.3 Å². The van der Waals surface area contributed by atoms with Crippen molar-refractivity contribution in [2.75, 3.05) is 18.9 Å². The number of carboxylic acids is 1. The minimum Gasteiger partial charge on any atom is -0.497 e. The fraction of sp³-hybridized carbons (Fsp3) is 0.174. The number of nitrogens with one attached hydrogen (secondary N) is 1. The molecule has 0 heterocycles. The van der Waals surface area contributed by atoms with Crippen LogP contribution < -0.4 is 14.2 Å². The molecule has 162 valence electrons. The van der Waals surface area contributed by atoms with E-state index in [9.17, 15) is 13.2 Å². The number of methoxy groups -OCH3 is 2. The monoisotopic (exact) mass is 441 g/mol. The Balaban J connectivity index is 1.82. The van der Waals surface area contributed by atoms with E-state index in [0.717, 1.165) is 11.1 Å². The number of hydrogen-bond acceptors (Lipinski definition) is 5. The van der Waals surface area contributed by atoms with Gasteiger partial charge in [-0.15, -0.1) is 0 Å². The summed E-state index contributed by atoms with van der Waals surface area (Å²) in [7, 11) is -1.06. The number of aromatic carboxylic acids is 1. The molecule has 0 saturated carbocycles. The van der Waals surface area contributed by atoms with Gasteiger partial charge in [-0.2, -0.15) is 0 Å². The number of para-hydroxylation sites is 1. The Hall–Kier alpha value is -3.52. The molecule has 8 heteroatoms. The first-order chi connectivity index (χ1) is 14.8. The first kappa shape index (κ1) is 22.2. The van der Waals surface area contributed by atoms with Crippen LogP contribution in [0.25, 0.3) is 0 Å². The molecule has 0 unspecified atom stereocenters. The smallest absolute Gasteiger partial charge is 0.335 e. The van der Waals surface area contributed by atoms with Gasteiger partial charge in [0.05, 0.1) is 25.5 Å². The van der Waals surface area contributed by atoms with E-state index in [4.69, 9.17) is 14.6 Å². The molecule has 3 rings (SSSR count). The van der Waals surface area contributed by atoms with Crippen LogP contribution in [0, 0.1) is 0 Å². The quantitative estimate of drug-likeness (QED) is 0.521. The molecular formula is C23H23NO6S. The van der Waals surface area contributed by atoms with Crippen molar-refractivity contribution < 1.29 is 27.8 Å². The molecule has 0 fully saturated rings. The lowest BCUT2D eigenvalue weighted by molar-refractivity contribution is 0.0697. The fourth-order valence-electron chi connectivity index (χ4n) is 3.12. The van der Waals surface area contributed by atoms with E-state index >= 15 is 0 Å². The molecule has 0 radical (unpaired) electrons. The maximum Gasteiger partial charge on any atom is 0.335 e. The van der Waals surface area contributed by atoms with Gasteiger partial charge in [-0.25, -0.2) is 13.2 Å². The van der Waals surface area contributed by atoms with E-state index in [-0.39, 0.29) is 16.2 Å². The predicted octanol–water partition coefficient (Wildman–Crippen LogP) is 3.99. The van der Waals surface area contributed by atoms with Crippen molar-refractivity contribution in [1.82, 2.24) is 0 Å². The zero-order valence-corrected chi connectivity index (χ0v) is 18.0. The van der Waals surface area contributed by atoms with Crippen LogP contribution in [0.5, 0.6) is 11.5 Å². The predicted molar refractivity (Wildman–Crippen MR) is 118 cm³/mol. The number of sulfonamides is 1. The second-order valence-corrected chi connectivity index (χ2v) is 8.43. The van der Waals surface area contributed by atoms with E-state index < -0.39 is 16.0 Å². The maximum absolute atomic E-state index is 13.1. The summed E-state index contributed by atoms with van der Waals surface area (Å²) in [6.07, 6.45) is 1.20. The van der Waals surface area contributed by atoms with Crippen molar-refractivity contribution in [2.45, 2.75) is 17.7 Å². The maximum atomic E-state index is 13.1. The number of carboxylic acid groups (broad SMARTS) is 1. The van der Waals surface area contributed by atoms with Crippen LogP contribution in [0.15, 0.2) is 71.6 Å². The molecule has 0 spiro atoms. The van der Waals surface area contributed by atoms with Crippen LogP contribution in [0.4, 0.5) is 5.69 Å². The van der Waals surface area contributed by atoms with E-state index in [1.807, 2.05) is 12.1 Å². The molecule has 31 heavy (non-hydrogen) atoms. The fourth-order valence-corrected chi connectivity index (χ4v) is 4.41. The highest BCUT2D eigenvalue weighted by atomic mass is 32.2. The van der Waals surface area contributed by atoms with Gasteiger partial charge in [-0.1, -0.05) is 30.3 Å². The molecule has 0 aliphatic heterocycles. The number of aryl methyl sites for hydroxylation is 2. The normalized spacial score (nSPS) is 11.0. The van der Waals surface area contributed by atoms with Gasteiger partial charge in [0.2, 0.25) is 0 Å². The second kappa shape index (κ2) is 9.53. The summed E-state index contributed by atoms with van der Waals surface area (Å²) < 4.78 is 39.2. The van der Waals surface area contributed by atoms with Crippen LogP contribution in [-0.4, -0.2) is 33.7 Å². The molecule has 2 N–H and O–H groups in total. The van der Waals surface area contributed by atoms with E-state index in [2.05, 4.69) is 4.72 Å². The van der Waals surface area contributed by atoms with Crippen LogP contribution in [0.2, 0.25) is 0 Å². The first-order valence-corrected chi connectivity index (χ1v) is 11.0. The lowest BCUT2D eigenvalue weighted by Crippen LogP contribution is -2.15. The number of carbonyl (C=O) groups is 1. The number of ether oxygens (including phenoxy) is 2. The summed E-state index contributed by atoms with van der Waals surface area (Å²) in [5.41, 5.74) is 2.46. The van der Waals surface area contributed by atoms with Gasteiger partial charge in [0.1, 0.15) is 16.4 Å². The Morgan fingerprint density at radius 2 is 1.65 bits per heavy atom. The van der Waals surface area contributed by atoms with Crippen molar-refractivity contribution in [3.63, 3.8) is 0 Å². The lowest BCUT2D eigenvalue weighted by atomic mass is 10.0. The molecule has 0 atom stereocenters. The van der Waals surface area contributed by atoms with Crippen LogP contribution >= 0.6 is 0 Å². The Labute approximate surface area is 181 Å².